The molecule has 0 aliphatic heterocycles. The second-order valence-corrected chi connectivity index (χ2v) is 1.96. The molecule has 1 rings (SSSR count). The molecule has 0 amide bonds. The van der Waals surface area contributed by atoms with Gasteiger partial charge in [0.15, 0.2) is 0 Å². The monoisotopic (exact) mass is 141 g/mol. The Morgan fingerprint density at radius 1 is 1.60 bits per heavy atom. The lowest BCUT2D eigenvalue weighted by Gasteiger charge is -1.94. The van der Waals surface area contributed by atoms with Gasteiger partial charge in [-0.15, -0.1) is 0 Å². The average molecular weight is 141 g/mol. The maximum atomic E-state index is 12.3. The molecule has 1 heterocycles. The first-order chi connectivity index (χ1) is 4.83. The number of rotatable bonds is 2. The summed E-state index contributed by atoms with van der Waals surface area (Å²) in [7, 11) is 0. The summed E-state index contributed by atoms with van der Waals surface area (Å²) >= 11 is 0. The lowest BCUT2D eigenvalue weighted by atomic mass is 10.2. The van der Waals surface area contributed by atoms with E-state index in [1.54, 1.807) is 6.07 Å². The molecule has 0 spiro atoms. The molecule has 1 N–H and O–H groups in total. The maximum absolute atomic E-state index is 12.3. The first kappa shape index (κ1) is 7.15. The van der Waals surface area contributed by atoms with Crippen molar-refractivity contribution in [3.05, 3.63) is 29.8 Å². The summed E-state index contributed by atoms with van der Waals surface area (Å²) in [4.78, 5) is 3.37. The van der Waals surface area contributed by atoms with Crippen molar-refractivity contribution in [2.24, 2.45) is 0 Å². The lowest BCUT2D eigenvalue weighted by molar-refractivity contribution is 0.299. The predicted molar refractivity (Wildman–Crippen MR) is 35.0 cm³/mol. The molecule has 0 unspecified atom stereocenters. The van der Waals surface area contributed by atoms with Gasteiger partial charge in [0.1, 0.15) is 0 Å². The van der Waals surface area contributed by atoms with E-state index in [9.17, 15) is 4.39 Å². The van der Waals surface area contributed by atoms with Gasteiger partial charge in [0.2, 0.25) is 5.95 Å². The molecule has 1 aromatic heterocycles. The Labute approximate surface area is 58.3 Å². The number of halogens is 1. The van der Waals surface area contributed by atoms with Crippen LogP contribution in [0.3, 0.4) is 0 Å². The van der Waals surface area contributed by atoms with Gasteiger partial charge < -0.3 is 5.11 Å². The van der Waals surface area contributed by atoms with Crippen molar-refractivity contribution in [3.8, 4) is 0 Å². The fourth-order valence-electron chi connectivity index (χ4n) is 0.727. The molecular formula is C7H8FNO. The third-order valence-electron chi connectivity index (χ3n) is 1.19. The van der Waals surface area contributed by atoms with Crippen molar-refractivity contribution >= 4 is 0 Å². The van der Waals surface area contributed by atoms with Crippen molar-refractivity contribution in [2.75, 3.05) is 6.61 Å². The zero-order valence-corrected chi connectivity index (χ0v) is 5.42. The van der Waals surface area contributed by atoms with Gasteiger partial charge in [-0.05, 0) is 24.1 Å². The van der Waals surface area contributed by atoms with E-state index in [0.717, 1.165) is 5.56 Å². The van der Waals surface area contributed by atoms with Crippen LogP contribution in [0.4, 0.5) is 4.39 Å². The molecule has 54 valence electrons. The van der Waals surface area contributed by atoms with Crippen molar-refractivity contribution in [1.82, 2.24) is 4.98 Å². The topological polar surface area (TPSA) is 33.1 Å². The molecular weight excluding hydrogens is 133 g/mol. The summed E-state index contributed by atoms with van der Waals surface area (Å²) < 4.78 is 12.3. The van der Waals surface area contributed by atoms with Gasteiger partial charge in [-0.2, -0.15) is 4.39 Å². The SMILES string of the molecule is OCCc1ccnc(F)c1. The van der Waals surface area contributed by atoms with Gasteiger partial charge in [-0.25, -0.2) is 4.98 Å². The Balaban J connectivity index is 2.75. The van der Waals surface area contributed by atoms with Gasteiger partial charge in [-0.3, -0.25) is 0 Å². The molecule has 3 heteroatoms. The molecule has 0 atom stereocenters. The molecule has 10 heavy (non-hydrogen) atoms. The van der Waals surface area contributed by atoms with E-state index in [1.807, 2.05) is 0 Å². The number of pyridine rings is 1. The minimum absolute atomic E-state index is 0.0451. The van der Waals surface area contributed by atoms with Crippen LogP contribution in [0.1, 0.15) is 5.56 Å². The van der Waals surface area contributed by atoms with Crippen LogP contribution >= 0.6 is 0 Å². The maximum Gasteiger partial charge on any atom is 0.213 e. The fraction of sp³-hybridized carbons (Fsp3) is 0.286. The molecule has 0 saturated heterocycles. The predicted octanol–water partition coefficient (Wildman–Crippen LogP) is 0.755. The van der Waals surface area contributed by atoms with Crippen LogP contribution in [0.2, 0.25) is 0 Å². The van der Waals surface area contributed by atoms with E-state index >= 15 is 0 Å². The van der Waals surface area contributed by atoms with Crippen molar-refractivity contribution < 1.29 is 9.50 Å². The highest BCUT2D eigenvalue weighted by atomic mass is 19.1. The standard InChI is InChI=1S/C7H8FNO/c8-7-5-6(2-4-10)1-3-9-7/h1,3,5,10H,2,4H2. The molecule has 2 nitrogen and oxygen atoms in total. The van der Waals surface area contributed by atoms with Crippen LogP contribution < -0.4 is 0 Å². The Morgan fingerprint density at radius 2 is 2.40 bits per heavy atom. The summed E-state index contributed by atoms with van der Waals surface area (Å²) in [6, 6.07) is 3.00. The highest BCUT2D eigenvalue weighted by Gasteiger charge is 1.93. The van der Waals surface area contributed by atoms with Crippen molar-refractivity contribution in [2.45, 2.75) is 6.42 Å². The summed E-state index contributed by atoms with van der Waals surface area (Å²) in [6.45, 7) is 0.0451. The van der Waals surface area contributed by atoms with Crippen LogP contribution in [-0.2, 0) is 6.42 Å². The molecule has 0 aliphatic carbocycles. The number of nitrogens with zero attached hydrogens (tertiary/aromatic N) is 1. The van der Waals surface area contributed by atoms with E-state index in [2.05, 4.69) is 4.98 Å². The normalized spacial score (nSPS) is 9.80. The van der Waals surface area contributed by atoms with E-state index in [4.69, 9.17) is 5.11 Å². The van der Waals surface area contributed by atoms with E-state index < -0.39 is 5.95 Å². The van der Waals surface area contributed by atoms with Crippen LogP contribution in [0.5, 0.6) is 0 Å². The molecule has 1 aromatic rings. The zero-order valence-electron chi connectivity index (χ0n) is 5.42. The smallest absolute Gasteiger partial charge is 0.213 e. The number of aliphatic hydroxyl groups is 1. The van der Waals surface area contributed by atoms with Crippen LogP contribution in [0.15, 0.2) is 18.3 Å². The van der Waals surface area contributed by atoms with Crippen LogP contribution in [0, 0.1) is 5.95 Å². The quantitative estimate of drug-likeness (QED) is 0.616. The second kappa shape index (κ2) is 3.27. The average Bonchev–Trinajstić information content (AvgIpc) is 1.88. The number of aliphatic hydroxyl groups excluding tert-OH is 1. The highest BCUT2D eigenvalue weighted by Crippen LogP contribution is 1.99. The summed E-state index contributed by atoms with van der Waals surface area (Å²) in [5.41, 5.74) is 0.773. The highest BCUT2D eigenvalue weighted by molar-refractivity contribution is 5.10. The van der Waals surface area contributed by atoms with Gasteiger partial charge in [0.25, 0.3) is 0 Å². The van der Waals surface area contributed by atoms with E-state index in [-0.39, 0.29) is 6.61 Å². The molecule has 0 fully saturated rings. The molecule has 0 saturated carbocycles. The van der Waals surface area contributed by atoms with Crippen molar-refractivity contribution in [1.29, 1.82) is 0 Å². The minimum Gasteiger partial charge on any atom is -0.396 e. The van der Waals surface area contributed by atoms with Gasteiger partial charge in [-0.1, -0.05) is 0 Å². The number of aromatic nitrogens is 1. The summed E-state index contributed by atoms with van der Waals surface area (Å²) in [5.74, 6) is -0.494. The third-order valence-corrected chi connectivity index (χ3v) is 1.19. The van der Waals surface area contributed by atoms with Crippen LogP contribution in [-0.4, -0.2) is 16.7 Å². The Kier molecular flexibility index (Phi) is 2.34. The summed E-state index contributed by atoms with van der Waals surface area (Å²) in [5, 5.41) is 8.47. The van der Waals surface area contributed by atoms with Crippen LogP contribution in [0.25, 0.3) is 0 Å². The Morgan fingerprint density at radius 3 is 3.00 bits per heavy atom. The van der Waals surface area contributed by atoms with Crippen molar-refractivity contribution in [3.63, 3.8) is 0 Å². The molecule has 0 radical (unpaired) electrons. The Bertz CT molecular complexity index is 215. The van der Waals surface area contributed by atoms with Gasteiger partial charge in [0.05, 0.1) is 0 Å². The Hall–Kier alpha value is -0.960. The first-order valence-corrected chi connectivity index (χ1v) is 3.04. The summed E-state index contributed by atoms with van der Waals surface area (Å²) in [6.07, 6.45) is 1.87. The largest absolute Gasteiger partial charge is 0.396 e. The third kappa shape index (κ3) is 1.77. The molecule has 0 bridgehead atoms. The zero-order chi connectivity index (χ0) is 7.40. The number of hydrogen-bond acceptors (Lipinski definition) is 2. The number of hydrogen-bond donors (Lipinski definition) is 1. The van der Waals surface area contributed by atoms with E-state index in [1.165, 1.54) is 12.3 Å². The van der Waals surface area contributed by atoms with E-state index in [0.29, 0.717) is 6.42 Å². The fourth-order valence-corrected chi connectivity index (χ4v) is 0.727. The second-order valence-electron chi connectivity index (χ2n) is 1.96. The lowest BCUT2D eigenvalue weighted by Crippen LogP contribution is -1.92. The minimum atomic E-state index is -0.494. The van der Waals surface area contributed by atoms with Gasteiger partial charge in [0, 0.05) is 12.8 Å². The van der Waals surface area contributed by atoms with Gasteiger partial charge >= 0.3 is 0 Å². The molecule has 0 aliphatic rings. The first-order valence-electron chi connectivity index (χ1n) is 3.04. The molecule has 0 aromatic carbocycles.